The Morgan fingerprint density at radius 2 is 2.07 bits per heavy atom. The molecule has 0 bridgehead atoms. The fourth-order valence-corrected chi connectivity index (χ4v) is 2.88. The minimum absolute atomic E-state index is 0.0749. The number of morpholine rings is 1. The molecule has 4 atom stereocenters. The van der Waals surface area contributed by atoms with Crippen LogP contribution < -0.4 is 0 Å². The summed E-state index contributed by atoms with van der Waals surface area (Å²) in [5.41, 5.74) is 0. The summed E-state index contributed by atoms with van der Waals surface area (Å²) in [6.07, 6.45) is 4.63. The van der Waals surface area contributed by atoms with E-state index >= 15 is 0 Å². The first-order valence-corrected chi connectivity index (χ1v) is 6.22. The number of nitrogens with zero attached hydrogens (tertiary/aromatic N) is 1. The molecule has 2 aliphatic rings. The van der Waals surface area contributed by atoms with Gasteiger partial charge in [0.05, 0.1) is 18.8 Å². The Labute approximate surface area is 92.4 Å². The summed E-state index contributed by atoms with van der Waals surface area (Å²) in [4.78, 5) is 2.54. The molecule has 1 heterocycles. The first kappa shape index (κ1) is 11.4. The van der Waals surface area contributed by atoms with Crippen LogP contribution in [-0.2, 0) is 4.74 Å². The van der Waals surface area contributed by atoms with E-state index in [0.29, 0.717) is 18.2 Å². The first-order chi connectivity index (χ1) is 7.16. The molecular weight excluding hydrogens is 190 g/mol. The number of hydrogen-bond donors (Lipinski definition) is 1. The predicted molar refractivity (Wildman–Crippen MR) is 59.8 cm³/mol. The Hall–Kier alpha value is -0.120. The van der Waals surface area contributed by atoms with Gasteiger partial charge in [-0.15, -0.1) is 0 Å². The van der Waals surface area contributed by atoms with E-state index in [4.69, 9.17) is 4.74 Å². The zero-order valence-electron chi connectivity index (χ0n) is 9.85. The van der Waals surface area contributed by atoms with Crippen LogP contribution >= 0.6 is 0 Å². The number of ether oxygens (including phenoxy) is 1. The van der Waals surface area contributed by atoms with Crippen LogP contribution in [0.2, 0.25) is 0 Å². The SMILES string of the molecule is CC1CN(C2CCCC(O)C2)C(C)CO1. The Balaban J connectivity index is 1.94. The monoisotopic (exact) mass is 213 g/mol. The van der Waals surface area contributed by atoms with Gasteiger partial charge < -0.3 is 9.84 Å². The summed E-state index contributed by atoms with van der Waals surface area (Å²) in [6.45, 7) is 6.23. The van der Waals surface area contributed by atoms with Crippen LogP contribution in [0.15, 0.2) is 0 Å². The van der Waals surface area contributed by atoms with Gasteiger partial charge in [0, 0.05) is 18.6 Å². The maximum absolute atomic E-state index is 9.70. The van der Waals surface area contributed by atoms with E-state index in [1.54, 1.807) is 0 Å². The Kier molecular flexibility index (Phi) is 3.65. The van der Waals surface area contributed by atoms with Gasteiger partial charge in [-0.3, -0.25) is 4.90 Å². The third kappa shape index (κ3) is 2.71. The maximum atomic E-state index is 9.70. The highest BCUT2D eigenvalue weighted by Gasteiger charge is 2.32. The van der Waals surface area contributed by atoms with Gasteiger partial charge in [0.25, 0.3) is 0 Å². The second-order valence-corrected chi connectivity index (χ2v) is 5.16. The van der Waals surface area contributed by atoms with Crippen molar-refractivity contribution < 1.29 is 9.84 Å². The van der Waals surface area contributed by atoms with Gasteiger partial charge in [-0.25, -0.2) is 0 Å². The molecule has 4 unspecified atom stereocenters. The molecule has 1 aliphatic carbocycles. The molecule has 15 heavy (non-hydrogen) atoms. The molecule has 0 aromatic heterocycles. The van der Waals surface area contributed by atoms with Crippen LogP contribution in [0.1, 0.15) is 39.5 Å². The molecule has 1 saturated carbocycles. The lowest BCUT2D eigenvalue weighted by molar-refractivity contribution is -0.0788. The molecule has 3 nitrogen and oxygen atoms in total. The van der Waals surface area contributed by atoms with Gasteiger partial charge >= 0.3 is 0 Å². The van der Waals surface area contributed by atoms with Gasteiger partial charge in [0.2, 0.25) is 0 Å². The van der Waals surface area contributed by atoms with Crippen LogP contribution in [0.5, 0.6) is 0 Å². The largest absolute Gasteiger partial charge is 0.393 e. The Morgan fingerprint density at radius 1 is 1.27 bits per heavy atom. The number of aliphatic hydroxyl groups is 1. The summed E-state index contributed by atoms with van der Waals surface area (Å²) in [6, 6.07) is 1.09. The summed E-state index contributed by atoms with van der Waals surface area (Å²) in [5, 5.41) is 9.70. The van der Waals surface area contributed by atoms with Gasteiger partial charge in [0.15, 0.2) is 0 Å². The lowest BCUT2D eigenvalue weighted by Crippen LogP contribution is -2.53. The van der Waals surface area contributed by atoms with E-state index in [1.165, 1.54) is 12.8 Å². The van der Waals surface area contributed by atoms with E-state index in [9.17, 15) is 5.11 Å². The van der Waals surface area contributed by atoms with Crippen molar-refractivity contribution in [2.75, 3.05) is 13.2 Å². The van der Waals surface area contributed by atoms with Crippen molar-refractivity contribution in [3.8, 4) is 0 Å². The summed E-state index contributed by atoms with van der Waals surface area (Å²) < 4.78 is 5.63. The van der Waals surface area contributed by atoms with Gasteiger partial charge in [0.1, 0.15) is 0 Å². The summed E-state index contributed by atoms with van der Waals surface area (Å²) >= 11 is 0. The van der Waals surface area contributed by atoms with Crippen molar-refractivity contribution in [1.82, 2.24) is 4.90 Å². The second kappa shape index (κ2) is 4.81. The van der Waals surface area contributed by atoms with Gasteiger partial charge in [-0.2, -0.15) is 0 Å². The van der Waals surface area contributed by atoms with E-state index in [0.717, 1.165) is 26.0 Å². The molecule has 1 saturated heterocycles. The van der Waals surface area contributed by atoms with E-state index in [-0.39, 0.29) is 6.10 Å². The molecule has 2 rings (SSSR count). The number of hydrogen-bond acceptors (Lipinski definition) is 3. The molecule has 0 amide bonds. The molecule has 0 aromatic rings. The highest BCUT2D eigenvalue weighted by Crippen LogP contribution is 2.26. The van der Waals surface area contributed by atoms with Crippen LogP contribution in [0.4, 0.5) is 0 Å². The van der Waals surface area contributed by atoms with Crippen molar-refractivity contribution in [3.63, 3.8) is 0 Å². The fourth-order valence-electron chi connectivity index (χ4n) is 2.88. The minimum Gasteiger partial charge on any atom is -0.393 e. The zero-order valence-corrected chi connectivity index (χ0v) is 9.85. The molecule has 0 aromatic carbocycles. The molecule has 0 radical (unpaired) electrons. The van der Waals surface area contributed by atoms with Crippen molar-refractivity contribution in [2.45, 2.75) is 63.8 Å². The first-order valence-electron chi connectivity index (χ1n) is 6.22. The van der Waals surface area contributed by atoms with Crippen LogP contribution in [0.25, 0.3) is 0 Å². The van der Waals surface area contributed by atoms with Crippen LogP contribution in [0, 0.1) is 0 Å². The van der Waals surface area contributed by atoms with Gasteiger partial charge in [-0.05, 0) is 39.5 Å². The fraction of sp³-hybridized carbons (Fsp3) is 1.00. The molecule has 1 N–H and O–H groups in total. The third-order valence-electron chi connectivity index (χ3n) is 3.74. The van der Waals surface area contributed by atoms with E-state index in [2.05, 4.69) is 18.7 Å². The highest BCUT2D eigenvalue weighted by atomic mass is 16.5. The average Bonchev–Trinajstić information content (AvgIpc) is 2.22. The third-order valence-corrected chi connectivity index (χ3v) is 3.74. The van der Waals surface area contributed by atoms with E-state index < -0.39 is 0 Å². The molecule has 88 valence electrons. The van der Waals surface area contributed by atoms with Gasteiger partial charge in [-0.1, -0.05) is 0 Å². The quantitative estimate of drug-likeness (QED) is 0.714. The minimum atomic E-state index is -0.0749. The highest BCUT2D eigenvalue weighted by molar-refractivity contribution is 4.86. The number of rotatable bonds is 1. The molecule has 0 spiro atoms. The van der Waals surface area contributed by atoms with Crippen LogP contribution in [0.3, 0.4) is 0 Å². The lowest BCUT2D eigenvalue weighted by Gasteiger charge is -2.44. The average molecular weight is 213 g/mol. The topological polar surface area (TPSA) is 32.7 Å². The summed E-state index contributed by atoms with van der Waals surface area (Å²) in [5.74, 6) is 0. The molecule has 3 heteroatoms. The molecule has 2 fully saturated rings. The maximum Gasteiger partial charge on any atom is 0.0674 e. The standard InChI is InChI=1S/C12H23NO2/c1-9-8-15-10(2)7-13(9)11-4-3-5-12(14)6-11/h9-12,14H,3-8H2,1-2H3. The lowest BCUT2D eigenvalue weighted by atomic mass is 9.90. The smallest absolute Gasteiger partial charge is 0.0674 e. The summed E-state index contributed by atoms with van der Waals surface area (Å²) in [7, 11) is 0. The van der Waals surface area contributed by atoms with Crippen molar-refractivity contribution in [3.05, 3.63) is 0 Å². The van der Waals surface area contributed by atoms with Crippen molar-refractivity contribution in [2.24, 2.45) is 0 Å². The van der Waals surface area contributed by atoms with Crippen LogP contribution in [-0.4, -0.2) is 47.4 Å². The Morgan fingerprint density at radius 3 is 2.80 bits per heavy atom. The van der Waals surface area contributed by atoms with E-state index in [1.807, 2.05) is 0 Å². The van der Waals surface area contributed by atoms with Crippen molar-refractivity contribution >= 4 is 0 Å². The van der Waals surface area contributed by atoms with Crippen molar-refractivity contribution in [1.29, 1.82) is 0 Å². The second-order valence-electron chi connectivity index (χ2n) is 5.16. The number of aliphatic hydroxyl groups excluding tert-OH is 1. The zero-order chi connectivity index (χ0) is 10.8. The predicted octanol–water partition coefficient (Wildman–Crippen LogP) is 1.40. The normalized spacial score (nSPS) is 44.2. The Bertz CT molecular complexity index is 210. The molecule has 1 aliphatic heterocycles. The molecular formula is C12H23NO2.